The summed E-state index contributed by atoms with van der Waals surface area (Å²) in [7, 11) is 2.44. The molecule has 1 aliphatic heterocycles. The Hall–Kier alpha value is -1.92. The zero-order chi connectivity index (χ0) is 13.8. The van der Waals surface area contributed by atoms with Gasteiger partial charge in [-0.25, -0.2) is 9.59 Å². The molecule has 1 heterocycles. The Bertz CT molecular complexity index is 433. The zero-order valence-corrected chi connectivity index (χ0v) is 10.6. The molecule has 0 saturated carbocycles. The Morgan fingerprint density at radius 3 is 1.84 bits per heavy atom. The van der Waals surface area contributed by atoms with Gasteiger partial charge in [-0.3, -0.25) is 0 Å². The van der Waals surface area contributed by atoms with E-state index < -0.39 is 30.4 Å². The number of carbonyl (C=O) groups is 2. The molecule has 0 radical (unpaired) electrons. The second-order valence-electron chi connectivity index (χ2n) is 3.90. The van der Waals surface area contributed by atoms with Crippen molar-refractivity contribution in [1.29, 1.82) is 0 Å². The topological polar surface area (TPSA) is 71.1 Å². The molecular formula is C13H14O6. The first-order valence-corrected chi connectivity index (χ1v) is 5.69. The highest BCUT2D eigenvalue weighted by atomic mass is 16.8. The number of hydrogen-bond acceptors (Lipinski definition) is 6. The van der Waals surface area contributed by atoms with Gasteiger partial charge in [-0.05, 0) is 0 Å². The summed E-state index contributed by atoms with van der Waals surface area (Å²) in [6, 6.07) is 9.01. The maximum atomic E-state index is 11.6. The van der Waals surface area contributed by atoms with Crippen molar-refractivity contribution in [2.75, 3.05) is 14.2 Å². The third-order valence-corrected chi connectivity index (χ3v) is 2.75. The van der Waals surface area contributed by atoms with E-state index in [1.807, 2.05) is 6.07 Å². The Morgan fingerprint density at radius 2 is 1.42 bits per heavy atom. The Labute approximate surface area is 110 Å². The molecule has 0 aromatic heterocycles. The predicted molar refractivity (Wildman–Crippen MR) is 63.0 cm³/mol. The van der Waals surface area contributed by atoms with Gasteiger partial charge in [0.1, 0.15) is 0 Å². The van der Waals surface area contributed by atoms with Gasteiger partial charge in [-0.1, -0.05) is 30.3 Å². The first-order valence-electron chi connectivity index (χ1n) is 5.69. The van der Waals surface area contributed by atoms with Gasteiger partial charge in [-0.2, -0.15) is 0 Å². The molecule has 2 atom stereocenters. The van der Waals surface area contributed by atoms with Crippen LogP contribution in [0.25, 0.3) is 0 Å². The van der Waals surface area contributed by atoms with Crippen LogP contribution in [0, 0.1) is 0 Å². The second-order valence-corrected chi connectivity index (χ2v) is 3.90. The van der Waals surface area contributed by atoms with E-state index >= 15 is 0 Å². The van der Waals surface area contributed by atoms with Crippen LogP contribution in [0.3, 0.4) is 0 Å². The van der Waals surface area contributed by atoms with E-state index in [1.165, 1.54) is 14.2 Å². The Balaban J connectivity index is 2.20. The van der Waals surface area contributed by atoms with E-state index in [9.17, 15) is 9.59 Å². The number of rotatable bonds is 3. The van der Waals surface area contributed by atoms with Gasteiger partial charge in [-0.15, -0.1) is 0 Å². The fourth-order valence-corrected chi connectivity index (χ4v) is 1.80. The van der Waals surface area contributed by atoms with Crippen LogP contribution in [-0.4, -0.2) is 38.4 Å². The predicted octanol–water partition coefficient (Wildman–Crippen LogP) is 0.815. The number of methoxy groups -OCH3 is 2. The molecule has 1 aromatic carbocycles. The molecular weight excluding hydrogens is 252 g/mol. The van der Waals surface area contributed by atoms with Crippen LogP contribution in [-0.2, 0) is 28.5 Å². The Kier molecular flexibility index (Phi) is 4.13. The van der Waals surface area contributed by atoms with E-state index in [4.69, 9.17) is 9.47 Å². The van der Waals surface area contributed by atoms with E-state index in [2.05, 4.69) is 9.47 Å². The summed E-state index contributed by atoms with van der Waals surface area (Å²) in [5.74, 6) is -1.34. The molecule has 0 unspecified atom stereocenters. The number of carbonyl (C=O) groups excluding carboxylic acids is 2. The number of ether oxygens (including phenoxy) is 4. The molecule has 102 valence electrons. The molecule has 0 N–H and O–H groups in total. The minimum absolute atomic E-state index is 0.672. The van der Waals surface area contributed by atoms with Gasteiger partial charge in [0.15, 0.2) is 18.5 Å². The van der Waals surface area contributed by atoms with Crippen molar-refractivity contribution < 1.29 is 28.5 Å². The second kappa shape index (κ2) is 5.81. The third-order valence-electron chi connectivity index (χ3n) is 2.75. The van der Waals surface area contributed by atoms with Crippen LogP contribution in [0.15, 0.2) is 30.3 Å². The van der Waals surface area contributed by atoms with Crippen molar-refractivity contribution in [2.24, 2.45) is 0 Å². The maximum Gasteiger partial charge on any atom is 0.338 e. The lowest BCUT2D eigenvalue weighted by atomic mass is 10.2. The van der Waals surface area contributed by atoms with Gasteiger partial charge in [0, 0.05) is 5.56 Å². The molecule has 19 heavy (non-hydrogen) atoms. The van der Waals surface area contributed by atoms with Crippen LogP contribution in [0.2, 0.25) is 0 Å². The number of hydrogen-bond donors (Lipinski definition) is 0. The van der Waals surface area contributed by atoms with Crippen LogP contribution < -0.4 is 0 Å². The van der Waals surface area contributed by atoms with Gasteiger partial charge in [0.2, 0.25) is 0 Å². The minimum atomic E-state index is -1.12. The average molecular weight is 266 g/mol. The zero-order valence-electron chi connectivity index (χ0n) is 10.6. The molecule has 1 aliphatic rings. The summed E-state index contributed by atoms with van der Waals surface area (Å²) < 4.78 is 20.1. The summed E-state index contributed by atoms with van der Waals surface area (Å²) in [5, 5.41) is 0. The summed E-state index contributed by atoms with van der Waals surface area (Å²) in [6.45, 7) is 0. The molecule has 0 aliphatic carbocycles. The highest BCUT2D eigenvalue weighted by molar-refractivity contribution is 5.86. The first kappa shape index (κ1) is 13.5. The van der Waals surface area contributed by atoms with E-state index in [-0.39, 0.29) is 0 Å². The maximum absolute atomic E-state index is 11.6. The molecule has 6 heteroatoms. The molecule has 0 spiro atoms. The average Bonchev–Trinajstić information content (AvgIpc) is 2.91. The van der Waals surface area contributed by atoms with Gasteiger partial charge < -0.3 is 18.9 Å². The fraction of sp³-hybridized carbons (Fsp3) is 0.385. The number of benzene rings is 1. The summed E-state index contributed by atoms with van der Waals surface area (Å²) in [5.41, 5.74) is 0.711. The highest BCUT2D eigenvalue weighted by Gasteiger charge is 2.47. The lowest BCUT2D eigenvalue weighted by Gasteiger charge is -2.11. The summed E-state index contributed by atoms with van der Waals surface area (Å²) in [6.07, 6.45) is -3.04. The molecule has 2 rings (SSSR count). The van der Waals surface area contributed by atoms with E-state index in [0.29, 0.717) is 5.56 Å². The quantitative estimate of drug-likeness (QED) is 0.754. The highest BCUT2D eigenvalue weighted by Crippen LogP contribution is 2.32. The summed E-state index contributed by atoms with van der Waals surface area (Å²) >= 11 is 0. The largest absolute Gasteiger partial charge is 0.467 e. The lowest BCUT2D eigenvalue weighted by molar-refractivity contribution is -0.160. The molecule has 1 aromatic rings. The van der Waals surface area contributed by atoms with Gasteiger partial charge >= 0.3 is 11.9 Å². The Morgan fingerprint density at radius 1 is 0.947 bits per heavy atom. The van der Waals surface area contributed by atoms with Crippen LogP contribution in [0.4, 0.5) is 0 Å². The van der Waals surface area contributed by atoms with Crippen molar-refractivity contribution in [3.8, 4) is 0 Å². The normalized spacial score (nSPS) is 23.1. The summed E-state index contributed by atoms with van der Waals surface area (Å²) in [4.78, 5) is 23.2. The number of esters is 2. The monoisotopic (exact) mass is 266 g/mol. The molecule has 0 bridgehead atoms. The van der Waals surface area contributed by atoms with Crippen molar-refractivity contribution in [2.45, 2.75) is 18.5 Å². The first-order chi connectivity index (χ1) is 9.17. The molecule has 6 nitrogen and oxygen atoms in total. The van der Waals surface area contributed by atoms with E-state index in [1.54, 1.807) is 24.3 Å². The van der Waals surface area contributed by atoms with E-state index in [0.717, 1.165) is 0 Å². The van der Waals surface area contributed by atoms with Crippen molar-refractivity contribution in [3.05, 3.63) is 35.9 Å². The van der Waals surface area contributed by atoms with Crippen molar-refractivity contribution >= 4 is 11.9 Å². The van der Waals surface area contributed by atoms with Crippen molar-refractivity contribution in [1.82, 2.24) is 0 Å². The van der Waals surface area contributed by atoms with Gasteiger partial charge in [0.25, 0.3) is 0 Å². The minimum Gasteiger partial charge on any atom is -0.467 e. The smallest absolute Gasteiger partial charge is 0.338 e. The van der Waals surface area contributed by atoms with Crippen LogP contribution in [0.5, 0.6) is 0 Å². The lowest BCUT2D eigenvalue weighted by Crippen LogP contribution is -2.38. The molecule has 0 amide bonds. The SMILES string of the molecule is COC(=O)[C@@H]1OC(c2ccccc2)O[C@H]1C(=O)OC. The van der Waals surface area contributed by atoms with Gasteiger partial charge in [0.05, 0.1) is 14.2 Å². The fourth-order valence-electron chi connectivity index (χ4n) is 1.80. The third kappa shape index (κ3) is 2.74. The van der Waals surface area contributed by atoms with Crippen LogP contribution in [0.1, 0.15) is 11.9 Å². The van der Waals surface area contributed by atoms with Crippen molar-refractivity contribution in [3.63, 3.8) is 0 Å². The molecule has 1 saturated heterocycles. The standard InChI is InChI=1S/C13H14O6/c1-16-11(14)9-10(12(15)17-2)19-13(18-9)8-6-4-3-5-7-8/h3-7,9-10,13H,1-2H3/t9-,10-/m1/s1. The molecule has 1 fully saturated rings. The van der Waals surface area contributed by atoms with Crippen LogP contribution >= 0.6 is 0 Å².